The zero-order chi connectivity index (χ0) is 13.1. The van der Waals surface area contributed by atoms with Gasteiger partial charge in [0.15, 0.2) is 0 Å². The van der Waals surface area contributed by atoms with Gasteiger partial charge in [0.25, 0.3) is 0 Å². The third-order valence-corrected chi connectivity index (χ3v) is 3.75. The highest BCUT2D eigenvalue weighted by atomic mass is 16.5. The summed E-state index contributed by atoms with van der Waals surface area (Å²) in [5, 5.41) is 9.27. The summed E-state index contributed by atoms with van der Waals surface area (Å²) in [6.07, 6.45) is 2.19. The molecule has 0 bridgehead atoms. The van der Waals surface area contributed by atoms with Crippen molar-refractivity contribution in [3.63, 3.8) is 0 Å². The van der Waals surface area contributed by atoms with E-state index in [1.165, 1.54) is 11.1 Å². The van der Waals surface area contributed by atoms with Crippen LogP contribution in [0.1, 0.15) is 16.7 Å². The Labute approximate surface area is 113 Å². The van der Waals surface area contributed by atoms with Gasteiger partial charge in [0.1, 0.15) is 5.75 Å². The fraction of sp³-hybridized carbons (Fsp3) is 0.294. The van der Waals surface area contributed by atoms with Crippen molar-refractivity contribution in [2.45, 2.75) is 19.4 Å². The summed E-state index contributed by atoms with van der Waals surface area (Å²) in [7, 11) is 0. The zero-order valence-corrected chi connectivity index (χ0v) is 10.9. The Hall–Kier alpha value is -1.80. The van der Waals surface area contributed by atoms with Crippen LogP contribution < -0.4 is 4.74 Å². The number of aliphatic hydroxyl groups is 1. The zero-order valence-electron chi connectivity index (χ0n) is 10.9. The van der Waals surface area contributed by atoms with Gasteiger partial charge in [-0.15, -0.1) is 0 Å². The van der Waals surface area contributed by atoms with E-state index in [1.54, 1.807) is 0 Å². The fourth-order valence-corrected chi connectivity index (χ4v) is 2.75. The summed E-state index contributed by atoms with van der Waals surface area (Å²) in [6.45, 7) is 0.743. The highest BCUT2D eigenvalue weighted by Gasteiger charge is 2.21. The van der Waals surface area contributed by atoms with Gasteiger partial charge in [0, 0.05) is 11.5 Å². The van der Waals surface area contributed by atoms with Gasteiger partial charge >= 0.3 is 0 Å². The average molecular weight is 254 g/mol. The van der Waals surface area contributed by atoms with Crippen LogP contribution in [0.4, 0.5) is 0 Å². The van der Waals surface area contributed by atoms with Gasteiger partial charge < -0.3 is 9.84 Å². The minimum atomic E-state index is 0.0288. The number of hydrogen-bond acceptors (Lipinski definition) is 2. The number of para-hydroxylation sites is 1. The first-order valence-corrected chi connectivity index (χ1v) is 6.75. The van der Waals surface area contributed by atoms with Crippen LogP contribution in [-0.4, -0.2) is 11.7 Å². The second-order valence-corrected chi connectivity index (χ2v) is 5.12. The molecule has 3 rings (SSSR count). The first-order chi connectivity index (χ1) is 9.36. The molecule has 0 saturated carbocycles. The summed E-state index contributed by atoms with van der Waals surface area (Å²) in [6, 6.07) is 16.3. The van der Waals surface area contributed by atoms with E-state index in [4.69, 9.17) is 4.74 Å². The monoisotopic (exact) mass is 254 g/mol. The largest absolute Gasteiger partial charge is 0.493 e. The molecule has 0 amide bonds. The molecule has 0 aromatic heterocycles. The number of aliphatic hydroxyl groups excluding tert-OH is 1. The van der Waals surface area contributed by atoms with Gasteiger partial charge in [-0.1, -0.05) is 42.5 Å². The average Bonchev–Trinajstić information content (AvgIpc) is 2.88. The molecule has 2 heteroatoms. The third kappa shape index (κ3) is 2.64. The van der Waals surface area contributed by atoms with Crippen LogP contribution in [-0.2, 0) is 19.4 Å². The second-order valence-electron chi connectivity index (χ2n) is 5.12. The van der Waals surface area contributed by atoms with Crippen molar-refractivity contribution in [3.8, 4) is 5.75 Å². The number of benzene rings is 2. The van der Waals surface area contributed by atoms with Gasteiger partial charge in [0.05, 0.1) is 13.2 Å². The molecule has 0 heterocycles. The van der Waals surface area contributed by atoms with Crippen LogP contribution in [0.2, 0.25) is 0 Å². The molecular formula is C17H18O2. The topological polar surface area (TPSA) is 29.5 Å². The third-order valence-electron chi connectivity index (χ3n) is 3.75. The minimum Gasteiger partial charge on any atom is -0.493 e. The van der Waals surface area contributed by atoms with E-state index < -0.39 is 0 Å². The smallest absolute Gasteiger partial charge is 0.124 e. The summed E-state index contributed by atoms with van der Waals surface area (Å²) >= 11 is 0. The van der Waals surface area contributed by atoms with Gasteiger partial charge in [-0.25, -0.2) is 0 Å². The van der Waals surface area contributed by atoms with Crippen molar-refractivity contribution in [3.05, 3.63) is 65.2 Å². The van der Waals surface area contributed by atoms with Crippen LogP contribution in [0.5, 0.6) is 5.75 Å². The Morgan fingerprint density at radius 3 is 2.26 bits per heavy atom. The van der Waals surface area contributed by atoms with E-state index in [2.05, 4.69) is 24.3 Å². The molecule has 0 atom stereocenters. The molecule has 98 valence electrons. The van der Waals surface area contributed by atoms with Gasteiger partial charge in [-0.3, -0.25) is 0 Å². The number of hydrogen-bond donors (Lipinski definition) is 1. The first kappa shape index (κ1) is 12.2. The van der Waals surface area contributed by atoms with Crippen LogP contribution in [0.3, 0.4) is 0 Å². The van der Waals surface area contributed by atoms with Crippen LogP contribution in [0.25, 0.3) is 0 Å². The lowest BCUT2D eigenvalue weighted by molar-refractivity contribution is 0.236. The molecule has 19 heavy (non-hydrogen) atoms. The minimum absolute atomic E-state index is 0.0288. The summed E-state index contributed by atoms with van der Waals surface area (Å²) in [4.78, 5) is 0. The lowest BCUT2D eigenvalue weighted by Crippen LogP contribution is -2.12. The maximum absolute atomic E-state index is 9.27. The van der Waals surface area contributed by atoms with E-state index in [-0.39, 0.29) is 6.61 Å². The maximum Gasteiger partial charge on any atom is 0.124 e. The van der Waals surface area contributed by atoms with E-state index in [0.29, 0.717) is 12.5 Å². The molecule has 0 saturated heterocycles. The van der Waals surface area contributed by atoms with E-state index in [1.807, 2.05) is 24.3 Å². The second kappa shape index (κ2) is 5.45. The Balaban J connectivity index is 1.63. The Morgan fingerprint density at radius 1 is 0.947 bits per heavy atom. The SMILES string of the molecule is OCc1ccccc1OCC1Cc2ccccc2C1. The Kier molecular flexibility index (Phi) is 3.51. The molecule has 1 N–H and O–H groups in total. The molecule has 0 radical (unpaired) electrons. The maximum atomic E-state index is 9.27. The first-order valence-electron chi connectivity index (χ1n) is 6.75. The number of rotatable bonds is 4. The molecular weight excluding hydrogens is 236 g/mol. The molecule has 0 fully saturated rings. The van der Waals surface area contributed by atoms with Crippen LogP contribution in [0, 0.1) is 5.92 Å². The van der Waals surface area contributed by atoms with Gasteiger partial charge in [0.2, 0.25) is 0 Å². The van der Waals surface area contributed by atoms with Crippen molar-refractivity contribution in [2.24, 2.45) is 5.92 Å². The highest BCUT2D eigenvalue weighted by molar-refractivity contribution is 5.34. The normalized spacial score (nSPS) is 14.4. The Bertz CT molecular complexity index is 538. The number of ether oxygens (including phenoxy) is 1. The molecule has 2 aromatic rings. The molecule has 2 nitrogen and oxygen atoms in total. The summed E-state index contributed by atoms with van der Waals surface area (Å²) < 4.78 is 5.88. The predicted octanol–water partition coefficient (Wildman–Crippen LogP) is 2.97. The van der Waals surface area contributed by atoms with Gasteiger partial charge in [-0.05, 0) is 30.0 Å². The quantitative estimate of drug-likeness (QED) is 0.909. The lowest BCUT2D eigenvalue weighted by atomic mass is 10.1. The molecule has 0 unspecified atom stereocenters. The molecule has 2 aromatic carbocycles. The van der Waals surface area contributed by atoms with Crippen LogP contribution >= 0.6 is 0 Å². The predicted molar refractivity (Wildman–Crippen MR) is 75.2 cm³/mol. The molecule has 1 aliphatic carbocycles. The summed E-state index contributed by atoms with van der Waals surface area (Å²) in [5.74, 6) is 1.35. The van der Waals surface area contributed by atoms with Gasteiger partial charge in [-0.2, -0.15) is 0 Å². The van der Waals surface area contributed by atoms with Crippen molar-refractivity contribution in [1.82, 2.24) is 0 Å². The number of fused-ring (bicyclic) bond motifs is 1. The van der Waals surface area contributed by atoms with Crippen molar-refractivity contribution >= 4 is 0 Å². The van der Waals surface area contributed by atoms with E-state index in [9.17, 15) is 5.11 Å². The lowest BCUT2D eigenvalue weighted by Gasteiger charge is -2.13. The summed E-state index contributed by atoms with van der Waals surface area (Å²) in [5.41, 5.74) is 3.76. The van der Waals surface area contributed by atoms with Crippen LogP contribution in [0.15, 0.2) is 48.5 Å². The molecule has 0 spiro atoms. The standard InChI is InChI=1S/C17H18O2/c18-11-16-7-3-4-8-17(16)19-12-13-9-14-5-1-2-6-15(14)10-13/h1-8,13,18H,9-12H2. The molecule has 0 aliphatic heterocycles. The van der Waals surface area contributed by atoms with E-state index >= 15 is 0 Å². The van der Waals surface area contributed by atoms with Crippen molar-refractivity contribution in [1.29, 1.82) is 0 Å². The van der Waals surface area contributed by atoms with Crippen molar-refractivity contribution in [2.75, 3.05) is 6.61 Å². The highest BCUT2D eigenvalue weighted by Crippen LogP contribution is 2.27. The molecule has 1 aliphatic rings. The fourth-order valence-electron chi connectivity index (χ4n) is 2.75. The van der Waals surface area contributed by atoms with E-state index in [0.717, 1.165) is 24.2 Å². The Morgan fingerprint density at radius 2 is 1.58 bits per heavy atom. The van der Waals surface area contributed by atoms with Crippen molar-refractivity contribution < 1.29 is 9.84 Å².